The normalized spacial score (nSPS) is 15.4. The van der Waals surface area contributed by atoms with Gasteiger partial charge in [0.25, 0.3) is 0 Å². The molecule has 8 nitrogen and oxygen atoms in total. The summed E-state index contributed by atoms with van der Waals surface area (Å²) < 4.78 is 5.84. The third-order valence-electron chi connectivity index (χ3n) is 5.22. The molecule has 1 aliphatic heterocycles. The monoisotopic (exact) mass is 439 g/mol. The second-order valence-corrected chi connectivity index (χ2v) is 9.35. The number of pyridine rings is 1. The lowest BCUT2D eigenvalue weighted by Gasteiger charge is -2.37. The highest BCUT2D eigenvalue weighted by Gasteiger charge is 2.29. The molecule has 1 amide bonds. The van der Waals surface area contributed by atoms with Gasteiger partial charge >= 0.3 is 0 Å². The average molecular weight is 440 g/mol. The predicted octanol–water partition coefficient (Wildman–Crippen LogP) is 3.33. The molecule has 2 aromatic rings. The van der Waals surface area contributed by atoms with Crippen LogP contribution >= 0.6 is 0 Å². The lowest BCUT2D eigenvalue weighted by Crippen LogP contribution is -2.50. The fraction of sp³-hybridized carbons (Fsp3) is 0.458. The van der Waals surface area contributed by atoms with E-state index in [1.165, 1.54) is 0 Å². The number of para-hydroxylation sites is 1. The van der Waals surface area contributed by atoms with Gasteiger partial charge in [0, 0.05) is 31.1 Å². The van der Waals surface area contributed by atoms with Crippen molar-refractivity contribution in [1.82, 2.24) is 15.2 Å². The van der Waals surface area contributed by atoms with Crippen LogP contribution in [0, 0.1) is 5.41 Å². The first kappa shape index (κ1) is 23.5. The summed E-state index contributed by atoms with van der Waals surface area (Å²) in [6.45, 7) is 8.95. The number of nitrogens with zero attached hydrogens (tertiary/aromatic N) is 3. The van der Waals surface area contributed by atoms with Gasteiger partial charge in [-0.3, -0.25) is 4.79 Å². The van der Waals surface area contributed by atoms with Gasteiger partial charge in [-0.25, -0.2) is 9.98 Å². The first-order valence-electron chi connectivity index (χ1n) is 10.9. The molecule has 32 heavy (non-hydrogen) atoms. The molecule has 0 fully saturated rings. The van der Waals surface area contributed by atoms with E-state index in [-0.39, 0.29) is 17.4 Å². The molecule has 4 N–H and O–H groups in total. The lowest BCUT2D eigenvalue weighted by atomic mass is 9.96. The van der Waals surface area contributed by atoms with E-state index >= 15 is 0 Å². The van der Waals surface area contributed by atoms with Gasteiger partial charge in [-0.05, 0) is 30.9 Å². The van der Waals surface area contributed by atoms with E-state index in [1.54, 1.807) is 13.1 Å². The molecule has 0 saturated carbocycles. The smallest absolute Gasteiger partial charge is 0.220 e. The molecule has 0 spiro atoms. The van der Waals surface area contributed by atoms with Gasteiger partial charge in [-0.2, -0.15) is 0 Å². The van der Waals surface area contributed by atoms with E-state index in [2.05, 4.69) is 36.1 Å². The molecule has 1 aliphatic rings. The summed E-state index contributed by atoms with van der Waals surface area (Å²) in [6, 6.07) is 10.9. The summed E-state index contributed by atoms with van der Waals surface area (Å²) in [5.41, 5.74) is 7.80. The topological polar surface area (TPSA) is 113 Å². The van der Waals surface area contributed by atoms with E-state index in [9.17, 15) is 9.90 Å². The number of amides is 1. The van der Waals surface area contributed by atoms with Crippen molar-refractivity contribution in [1.29, 1.82) is 0 Å². The van der Waals surface area contributed by atoms with Gasteiger partial charge < -0.3 is 25.8 Å². The maximum absolute atomic E-state index is 12.3. The van der Waals surface area contributed by atoms with Crippen LogP contribution in [-0.4, -0.2) is 45.5 Å². The number of nitrogens with one attached hydrogen (secondary N) is 1. The van der Waals surface area contributed by atoms with E-state index < -0.39 is 6.10 Å². The highest BCUT2D eigenvalue weighted by Crippen LogP contribution is 2.31. The fourth-order valence-corrected chi connectivity index (χ4v) is 3.49. The predicted molar refractivity (Wildman–Crippen MR) is 125 cm³/mol. The van der Waals surface area contributed by atoms with Crippen molar-refractivity contribution in [2.75, 3.05) is 6.54 Å². The second-order valence-electron chi connectivity index (χ2n) is 9.35. The molecule has 0 unspecified atom stereocenters. The van der Waals surface area contributed by atoms with E-state index in [0.717, 1.165) is 5.56 Å². The molecule has 1 aromatic heterocycles. The summed E-state index contributed by atoms with van der Waals surface area (Å²) in [4.78, 5) is 22.9. The van der Waals surface area contributed by atoms with Crippen molar-refractivity contribution in [2.45, 2.75) is 59.2 Å². The number of hydrogen-bond acceptors (Lipinski definition) is 7. The zero-order valence-corrected chi connectivity index (χ0v) is 19.2. The number of fused-ring (bicyclic) bond motifs is 1. The van der Waals surface area contributed by atoms with Crippen molar-refractivity contribution >= 4 is 17.6 Å². The van der Waals surface area contributed by atoms with Crippen LogP contribution < -0.4 is 15.8 Å². The SMILES string of the molecule is C[C@@H](O)[C@H](CCC(=O)NCC(C)(C)C)N1Cc2cc(Oc3ccccc3)ncc2N=C1N. The van der Waals surface area contributed by atoms with Crippen molar-refractivity contribution in [3.63, 3.8) is 0 Å². The Morgan fingerprint density at radius 2 is 2.03 bits per heavy atom. The molecule has 1 aromatic carbocycles. The van der Waals surface area contributed by atoms with Gasteiger partial charge in [0.2, 0.25) is 11.8 Å². The van der Waals surface area contributed by atoms with Crippen molar-refractivity contribution in [3.05, 3.63) is 48.2 Å². The van der Waals surface area contributed by atoms with Crippen LogP contribution in [0.25, 0.3) is 0 Å². The van der Waals surface area contributed by atoms with Gasteiger partial charge in [0.1, 0.15) is 5.75 Å². The number of carbonyl (C=O) groups excluding carboxylic acids is 1. The highest BCUT2D eigenvalue weighted by molar-refractivity contribution is 5.84. The summed E-state index contributed by atoms with van der Waals surface area (Å²) in [7, 11) is 0. The van der Waals surface area contributed by atoms with Gasteiger partial charge in [-0.15, -0.1) is 0 Å². The molecule has 172 valence electrons. The number of aromatic nitrogens is 1. The quantitative estimate of drug-likeness (QED) is 0.581. The Morgan fingerprint density at radius 3 is 2.69 bits per heavy atom. The summed E-state index contributed by atoms with van der Waals surface area (Å²) >= 11 is 0. The maximum atomic E-state index is 12.3. The number of carbonyl (C=O) groups is 1. The first-order chi connectivity index (χ1) is 15.1. The number of rotatable bonds is 8. The van der Waals surface area contributed by atoms with Gasteiger partial charge in [-0.1, -0.05) is 39.0 Å². The van der Waals surface area contributed by atoms with Gasteiger partial charge in [0.05, 0.1) is 24.0 Å². The molecule has 0 bridgehead atoms. The zero-order valence-electron chi connectivity index (χ0n) is 19.2. The Morgan fingerprint density at radius 1 is 1.31 bits per heavy atom. The number of hydrogen-bond donors (Lipinski definition) is 3. The number of aliphatic hydroxyl groups excluding tert-OH is 1. The number of aliphatic hydroxyl groups is 1. The van der Waals surface area contributed by atoms with Crippen LogP contribution in [0.15, 0.2) is 47.6 Å². The highest BCUT2D eigenvalue weighted by atomic mass is 16.5. The summed E-state index contributed by atoms with van der Waals surface area (Å²) in [6.07, 6.45) is 1.69. The number of guanidine groups is 1. The molecule has 0 saturated heterocycles. The third-order valence-corrected chi connectivity index (χ3v) is 5.22. The molecule has 3 rings (SSSR count). The Labute approximate surface area is 189 Å². The van der Waals surface area contributed by atoms with Gasteiger partial charge in [0.15, 0.2) is 5.96 Å². The van der Waals surface area contributed by atoms with Crippen LogP contribution in [0.2, 0.25) is 0 Å². The molecular weight excluding hydrogens is 406 g/mol. The molecule has 2 atom stereocenters. The molecule has 8 heteroatoms. The minimum atomic E-state index is -0.692. The Hall–Kier alpha value is -3.13. The van der Waals surface area contributed by atoms with E-state index in [0.29, 0.717) is 49.2 Å². The van der Waals surface area contributed by atoms with Crippen LogP contribution in [0.5, 0.6) is 11.6 Å². The van der Waals surface area contributed by atoms with Crippen LogP contribution in [0.4, 0.5) is 5.69 Å². The second kappa shape index (κ2) is 9.99. The number of aliphatic imine (C=N–C) groups is 1. The largest absolute Gasteiger partial charge is 0.439 e. The van der Waals surface area contributed by atoms with Crippen molar-refractivity contribution in [3.8, 4) is 11.6 Å². The molecule has 2 heterocycles. The Bertz CT molecular complexity index is 954. The van der Waals surface area contributed by atoms with Crippen LogP contribution in [0.1, 0.15) is 46.1 Å². The van der Waals surface area contributed by atoms with E-state index in [1.807, 2.05) is 41.3 Å². The number of ether oxygens (including phenoxy) is 1. The van der Waals surface area contributed by atoms with Crippen molar-refractivity contribution < 1.29 is 14.6 Å². The molecule has 0 aliphatic carbocycles. The third kappa shape index (κ3) is 6.43. The van der Waals surface area contributed by atoms with Crippen molar-refractivity contribution in [2.24, 2.45) is 16.1 Å². The fourth-order valence-electron chi connectivity index (χ4n) is 3.49. The first-order valence-corrected chi connectivity index (χ1v) is 10.9. The summed E-state index contributed by atoms with van der Waals surface area (Å²) in [5, 5.41) is 13.4. The Balaban J connectivity index is 1.70. The van der Waals surface area contributed by atoms with Crippen LogP contribution in [0.3, 0.4) is 0 Å². The molecule has 0 radical (unpaired) electrons. The zero-order chi connectivity index (χ0) is 23.3. The maximum Gasteiger partial charge on any atom is 0.220 e. The standard InChI is InChI=1S/C24H33N5O3/c1-16(30)20(10-11-21(31)27-15-24(2,3)4)29-14-17-12-22(26-13-19(17)28-23(29)25)32-18-8-6-5-7-9-18/h5-9,12-13,16,20,30H,10-11,14-15H2,1-4H3,(H2,25,28)(H,27,31)/t16-,20+/m1/s1. The Kier molecular flexibility index (Phi) is 7.35. The minimum absolute atomic E-state index is 0.0144. The number of nitrogens with two attached hydrogens (primary N) is 1. The summed E-state index contributed by atoms with van der Waals surface area (Å²) in [5.74, 6) is 1.41. The van der Waals surface area contributed by atoms with E-state index in [4.69, 9.17) is 10.5 Å². The number of benzene rings is 1. The van der Waals surface area contributed by atoms with Crippen LogP contribution in [-0.2, 0) is 11.3 Å². The molecular formula is C24H33N5O3. The lowest BCUT2D eigenvalue weighted by molar-refractivity contribution is -0.122. The average Bonchev–Trinajstić information content (AvgIpc) is 2.73. The minimum Gasteiger partial charge on any atom is -0.439 e.